The zero-order valence-electron chi connectivity index (χ0n) is 36.4. The van der Waals surface area contributed by atoms with Crippen molar-refractivity contribution in [2.75, 3.05) is 52.5 Å². The number of carbonyl (C=O) groups excluding carboxylic acids is 2. The summed E-state index contributed by atoms with van der Waals surface area (Å²) in [6.45, 7) is 9.27. The van der Waals surface area contributed by atoms with Gasteiger partial charge in [-0.1, -0.05) is 36.4 Å². The van der Waals surface area contributed by atoms with Gasteiger partial charge < -0.3 is 29.4 Å². The van der Waals surface area contributed by atoms with Crippen LogP contribution in [0, 0.1) is 10.1 Å². The van der Waals surface area contributed by atoms with Gasteiger partial charge in [0, 0.05) is 36.0 Å². The molecule has 5 aromatic rings. The second-order valence-corrected chi connectivity index (χ2v) is 19.8. The van der Waals surface area contributed by atoms with Crippen LogP contribution in [0.3, 0.4) is 0 Å². The fourth-order valence-electron chi connectivity index (χ4n) is 7.27. The molecular weight excluding hydrogens is 860 g/mol. The Hall–Kier alpha value is -5.56. The molecule has 338 valence electrons. The third kappa shape index (κ3) is 10.8. The zero-order chi connectivity index (χ0) is 46.1. The van der Waals surface area contributed by atoms with E-state index in [1.54, 1.807) is 84.0 Å². The number of fused-ring (bicyclic) bond motifs is 4. The molecule has 0 saturated heterocycles. The molecule has 2 amide bonds. The van der Waals surface area contributed by atoms with Crippen LogP contribution in [-0.4, -0.2) is 89.0 Å². The fraction of sp³-hybridized carbons (Fsp3) is 0.395. The van der Waals surface area contributed by atoms with Gasteiger partial charge in [-0.2, -0.15) is 8.42 Å². The Balaban J connectivity index is 1.35. The molecule has 18 nitrogen and oxygen atoms in total. The molecule has 1 atom stereocenters. The number of aromatic nitrogens is 1. The number of anilines is 1. The number of hydrogen-bond acceptors (Lipinski definition) is 14. The normalized spacial score (nSPS) is 14.5. The van der Waals surface area contributed by atoms with Crippen molar-refractivity contribution in [3.8, 4) is 17.2 Å². The van der Waals surface area contributed by atoms with E-state index in [1.165, 1.54) is 50.5 Å². The number of nitro benzene ring substituents is 1. The number of nitro groups is 1. The summed E-state index contributed by atoms with van der Waals surface area (Å²) in [5.74, 6) is -1.49. The number of nitrogens with zero attached hydrogens (tertiary/aromatic N) is 2. The molecule has 2 heterocycles. The summed E-state index contributed by atoms with van der Waals surface area (Å²) in [5.41, 5.74) is -0.517. The number of ether oxygens (including phenoxy) is 3. The molecule has 0 aliphatic carbocycles. The maximum absolute atomic E-state index is 14.5. The molecule has 2 N–H and O–H groups in total. The Morgan fingerprint density at radius 1 is 0.905 bits per heavy atom. The van der Waals surface area contributed by atoms with E-state index < -0.39 is 69.8 Å². The number of rotatable bonds is 17. The molecular formula is C43H51N4O14PS. The Labute approximate surface area is 365 Å². The van der Waals surface area contributed by atoms with E-state index in [4.69, 9.17) is 32.0 Å². The first-order chi connectivity index (χ1) is 29.6. The summed E-state index contributed by atoms with van der Waals surface area (Å²) < 4.78 is 79.0. The van der Waals surface area contributed by atoms with Crippen molar-refractivity contribution in [2.45, 2.75) is 64.4 Å². The van der Waals surface area contributed by atoms with E-state index >= 15 is 0 Å². The molecule has 1 unspecified atom stereocenters. The molecule has 63 heavy (non-hydrogen) atoms. The highest BCUT2D eigenvalue weighted by atomic mass is 32.2. The first kappa shape index (κ1) is 46.9. The summed E-state index contributed by atoms with van der Waals surface area (Å²) in [5, 5.41) is 16.3. The second kappa shape index (κ2) is 18.3. The number of non-ortho nitro benzene ring substituents is 1. The summed E-state index contributed by atoms with van der Waals surface area (Å²) in [6, 6.07) is 17.3. The molecule has 1 aromatic heterocycles. The van der Waals surface area contributed by atoms with Crippen molar-refractivity contribution in [1.82, 2.24) is 10.3 Å². The number of phosphoric ester groups is 1. The van der Waals surface area contributed by atoms with Crippen LogP contribution in [0.1, 0.15) is 79.4 Å². The largest absolute Gasteiger partial charge is 0.493 e. The van der Waals surface area contributed by atoms with Crippen molar-refractivity contribution in [1.29, 1.82) is 0 Å². The van der Waals surface area contributed by atoms with E-state index in [-0.39, 0.29) is 47.8 Å². The van der Waals surface area contributed by atoms with Crippen molar-refractivity contribution >= 4 is 62.8 Å². The summed E-state index contributed by atoms with van der Waals surface area (Å²) in [7, 11) is -3.86. The quantitative estimate of drug-likeness (QED) is 0.0296. The lowest BCUT2D eigenvalue weighted by Crippen LogP contribution is -2.31. The van der Waals surface area contributed by atoms with Crippen molar-refractivity contribution < 1.29 is 59.5 Å². The zero-order valence-corrected chi connectivity index (χ0v) is 38.1. The van der Waals surface area contributed by atoms with Crippen LogP contribution in [0.4, 0.5) is 11.4 Å². The van der Waals surface area contributed by atoms with Crippen molar-refractivity contribution in [3.05, 3.63) is 99.2 Å². The van der Waals surface area contributed by atoms with Crippen LogP contribution < -0.4 is 24.4 Å². The monoisotopic (exact) mass is 910 g/mol. The Kier molecular flexibility index (Phi) is 13.6. The molecule has 0 bridgehead atoms. The number of carbonyl (C=O) groups is 2. The SMILES string of the molecule is COc1cc2cc(C(=O)N3CC(COS(=O)(=O)Cc4ccccc4)c4c3cc([N+](=O)[O-])c3cc(C(=O)NCCOP(=O)(OC(C)(C)C)OC(C)(C)C)ccc43)[nH]c2c(OC)c1OC. The van der Waals surface area contributed by atoms with Crippen LogP contribution in [0.5, 0.6) is 17.2 Å². The predicted molar refractivity (Wildman–Crippen MR) is 236 cm³/mol. The average molecular weight is 911 g/mol. The third-order valence-corrected chi connectivity index (χ3v) is 12.9. The van der Waals surface area contributed by atoms with Gasteiger partial charge in [-0.15, -0.1) is 0 Å². The Bertz CT molecular complexity index is 2690. The molecule has 0 spiro atoms. The maximum Gasteiger partial charge on any atom is 0.475 e. The standard InChI is InChI=1S/C43H51N4O14PS/c1-42(2,3)60-62(52,61-43(4,5)6)58-18-17-44-40(48)27-15-16-30-31(19-27)33(47(50)51)22-34-36(30)29(24-59-63(53,54)25-26-13-11-10-12-14-26)23-46(34)41(49)32-20-28-21-35(55-7)38(56-8)39(57-9)37(28)45-32/h10-16,19-22,29,45H,17-18,23-25H2,1-9H3,(H,44,48). The number of methoxy groups -OCH3 is 3. The predicted octanol–water partition coefficient (Wildman–Crippen LogP) is 8.03. The van der Waals surface area contributed by atoms with Crippen LogP contribution in [-0.2, 0) is 38.2 Å². The molecule has 0 saturated carbocycles. The van der Waals surface area contributed by atoms with E-state index in [0.717, 1.165) is 0 Å². The average Bonchev–Trinajstić information content (AvgIpc) is 3.80. The van der Waals surface area contributed by atoms with Gasteiger partial charge in [0.2, 0.25) is 5.75 Å². The highest BCUT2D eigenvalue weighted by molar-refractivity contribution is 7.85. The molecule has 0 fully saturated rings. The van der Waals surface area contributed by atoms with Crippen LogP contribution in [0.25, 0.3) is 21.7 Å². The second-order valence-electron chi connectivity index (χ2n) is 16.7. The van der Waals surface area contributed by atoms with Crippen LogP contribution in [0.15, 0.2) is 66.7 Å². The summed E-state index contributed by atoms with van der Waals surface area (Å²) in [4.78, 5) is 44.6. The van der Waals surface area contributed by atoms with Gasteiger partial charge >= 0.3 is 7.82 Å². The van der Waals surface area contributed by atoms with E-state index in [0.29, 0.717) is 38.9 Å². The molecule has 1 aliphatic heterocycles. The first-order valence-corrected chi connectivity index (χ1v) is 22.8. The molecule has 20 heteroatoms. The number of hydrogen-bond donors (Lipinski definition) is 2. The minimum atomic E-state index is -4.14. The topological polar surface area (TPSA) is 224 Å². The molecule has 6 rings (SSSR count). The van der Waals surface area contributed by atoms with Gasteiger partial charge in [0.25, 0.3) is 27.6 Å². The van der Waals surface area contributed by atoms with E-state index in [1.807, 2.05) is 0 Å². The van der Waals surface area contributed by atoms with Gasteiger partial charge in [0.15, 0.2) is 11.5 Å². The Morgan fingerprint density at radius 3 is 2.17 bits per heavy atom. The van der Waals surface area contributed by atoms with Gasteiger partial charge in [-0.25, -0.2) is 4.57 Å². The number of aromatic amines is 1. The molecule has 1 aliphatic rings. The number of phosphoric acid groups is 1. The molecule has 0 radical (unpaired) electrons. The number of amides is 2. The highest BCUT2D eigenvalue weighted by Gasteiger charge is 2.40. The number of nitrogens with one attached hydrogen (secondary N) is 2. The van der Waals surface area contributed by atoms with Crippen LogP contribution >= 0.6 is 7.82 Å². The van der Waals surface area contributed by atoms with Gasteiger partial charge in [0.1, 0.15) is 11.4 Å². The minimum absolute atomic E-state index is 0.0488. The summed E-state index contributed by atoms with van der Waals surface area (Å²) >= 11 is 0. The van der Waals surface area contributed by atoms with E-state index in [2.05, 4.69) is 10.3 Å². The fourth-order valence-corrected chi connectivity index (χ4v) is 10.1. The van der Waals surface area contributed by atoms with Crippen molar-refractivity contribution in [3.63, 3.8) is 0 Å². The lowest BCUT2D eigenvalue weighted by Gasteiger charge is -2.30. The summed E-state index contributed by atoms with van der Waals surface area (Å²) in [6.07, 6.45) is 0. The minimum Gasteiger partial charge on any atom is -0.493 e. The number of H-pyrrole nitrogens is 1. The molecule has 4 aromatic carbocycles. The lowest BCUT2D eigenvalue weighted by molar-refractivity contribution is -0.383. The number of benzene rings is 4. The van der Waals surface area contributed by atoms with Gasteiger partial charge in [0.05, 0.1) is 67.3 Å². The van der Waals surface area contributed by atoms with Gasteiger partial charge in [-0.3, -0.25) is 37.5 Å². The van der Waals surface area contributed by atoms with Crippen molar-refractivity contribution in [2.24, 2.45) is 0 Å². The van der Waals surface area contributed by atoms with Crippen LogP contribution in [0.2, 0.25) is 0 Å². The maximum atomic E-state index is 14.5. The van der Waals surface area contributed by atoms with E-state index in [9.17, 15) is 32.7 Å². The van der Waals surface area contributed by atoms with Gasteiger partial charge in [-0.05, 0) is 82.3 Å². The highest BCUT2D eigenvalue weighted by Crippen LogP contribution is 2.55. The third-order valence-electron chi connectivity index (χ3n) is 9.63. The first-order valence-electron chi connectivity index (χ1n) is 19.8. The lowest BCUT2D eigenvalue weighted by atomic mass is 9.93. The Morgan fingerprint density at radius 2 is 1.57 bits per heavy atom. The smallest absolute Gasteiger partial charge is 0.475 e.